The van der Waals surface area contributed by atoms with E-state index in [2.05, 4.69) is 4.98 Å². The van der Waals surface area contributed by atoms with Crippen molar-refractivity contribution in [2.75, 3.05) is 14.1 Å². The zero-order valence-corrected chi connectivity index (χ0v) is 8.40. The van der Waals surface area contributed by atoms with E-state index in [9.17, 15) is 4.79 Å². The number of nitriles is 1. The van der Waals surface area contributed by atoms with E-state index in [0.29, 0.717) is 17.0 Å². The summed E-state index contributed by atoms with van der Waals surface area (Å²) < 4.78 is 0. The molecule has 1 aromatic heterocycles. The maximum Gasteiger partial charge on any atom is 0.271 e. The second-order valence-corrected chi connectivity index (χ2v) is 3.14. The molecule has 14 heavy (non-hydrogen) atoms. The van der Waals surface area contributed by atoms with Crippen molar-refractivity contribution < 1.29 is 4.79 Å². The Morgan fingerprint density at radius 1 is 1.50 bits per heavy atom. The Kier molecular flexibility index (Phi) is 2.82. The predicted molar refractivity (Wildman–Crippen MR) is 51.7 cm³/mol. The molecule has 0 saturated heterocycles. The van der Waals surface area contributed by atoms with Gasteiger partial charge in [0.25, 0.3) is 5.91 Å². The average molecular weight is 189 g/mol. The molecule has 0 unspecified atom stereocenters. The first-order valence-corrected chi connectivity index (χ1v) is 4.15. The molecule has 0 fully saturated rings. The lowest BCUT2D eigenvalue weighted by molar-refractivity contribution is 0.0822. The van der Waals surface area contributed by atoms with Gasteiger partial charge in [0, 0.05) is 14.1 Å². The Labute approximate surface area is 82.8 Å². The van der Waals surface area contributed by atoms with Crippen molar-refractivity contribution in [2.45, 2.75) is 6.92 Å². The average Bonchev–Trinajstić information content (AvgIpc) is 2.16. The molecule has 1 heterocycles. The molecule has 0 bridgehead atoms. The van der Waals surface area contributed by atoms with Gasteiger partial charge in [0.1, 0.15) is 11.8 Å². The fourth-order valence-corrected chi connectivity index (χ4v) is 1.03. The largest absolute Gasteiger partial charge is 0.343 e. The van der Waals surface area contributed by atoms with Crippen molar-refractivity contribution in [2.24, 2.45) is 0 Å². The van der Waals surface area contributed by atoms with Gasteiger partial charge >= 0.3 is 0 Å². The number of aromatic nitrogens is 1. The van der Waals surface area contributed by atoms with Crippen LogP contribution in [-0.4, -0.2) is 29.9 Å². The molecule has 4 nitrogen and oxygen atoms in total. The summed E-state index contributed by atoms with van der Waals surface area (Å²) in [5.74, 6) is -0.155. The number of nitrogens with zero attached hydrogens (tertiary/aromatic N) is 3. The molecule has 72 valence electrons. The Hall–Kier alpha value is -1.89. The van der Waals surface area contributed by atoms with Crippen molar-refractivity contribution in [3.63, 3.8) is 0 Å². The van der Waals surface area contributed by atoms with E-state index in [1.165, 1.54) is 4.90 Å². The molecule has 0 radical (unpaired) electrons. The van der Waals surface area contributed by atoms with Gasteiger partial charge in [0.05, 0.1) is 11.3 Å². The van der Waals surface area contributed by atoms with Crippen LogP contribution in [-0.2, 0) is 0 Å². The minimum absolute atomic E-state index is 0.155. The Morgan fingerprint density at radius 3 is 2.57 bits per heavy atom. The standard InChI is InChI=1S/C10H11N3O/c1-7-8(6-11)4-5-9(12-7)10(14)13(2)3/h4-5H,1-3H3. The van der Waals surface area contributed by atoms with E-state index < -0.39 is 0 Å². The summed E-state index contributed by atoms with van der Waals surface area (Å²) >= 11 is 0. The summed E-state index contributed by atoms with van der Waals surface area (Å²) in [6.07, 6.45) is 0. The summed E-state index contributed by atoms with van der Waals surface area (Å²) in [4.78, 5) is 17.0. The van der Waals surface area contributed by atoms with Crippen LogP contribution in [0.2, 0.25) is 0 Å². The van der Waals surface area contributed by atoms with Crippen molar-refractivity contribution in [1.82, 2.24) is 9.88 Å². The monoisotopic (exact) mass is 189 g/mol. The molecule has 1 aromatic rings. The first-order chi connectivity index (χ1) is 6.56. The number of hydrogen-bond acceptors (Lipinski definition) is 3. The van der Waals surface area contributed by atoms with Crippen molar-refractivity contribution >= 4 is 5.91 Å². The topological polar surface area (TPSA) is 57.0 Å². The Balaban J connectivity index is 3.11. The third-order valence-electron chi connectivity index (χ3n) is 1.83. The third kappa shape index (κ3) is 1.88. The molecule has 0 aliphatic heterocycles. The molecule has 1 amide bonds. The van der Waals surface area contributed by atoms with Crippen LogP contribution < -0.4 is 0 Å². The molecule has 0 atom stereocenters. The van der Waals surface area contributed by atoms with Crippen molar-refractivity contribution in [3.05, 3.63) is 29.1 Å². The lowest BCUT2D eigenvalue weighted by Gasteiger charge is -2.09. The molecule has 4 heteroatoms. The normalized spacial score (nSPS) is 9.29. The van der Waals surface area contributed by atoms with Gasteiger partial charge in [-0.3, -0.25) is 4.79 Å². The minimum Gasteiger partial charge on any atom is -0.343 e. The number of carbonyl (C=O) groups excluding carboxylic acids is 1. The summed E-state index contributed by atoms with van der Waals surface area (Å²) in [6.45, 7) is 1.71. The zero-order chi connectivity index (χ0) is 10.7. The lowest BCUT2D eigenvalue weighted by atomic mass is 10.2. The van der Waals surface area contributed by atoms with E-state index >= 15 is 0 Å². The van der Waals surface area contributed by atoms with Crippen LogP contribution in [0.3, 0.4) is 0 Å². The fraction of sp³-hybridized carbons (Fsp3) is 0.300. The van der Waals surface area contributed by atoms with Gasteiger partial charge < -0.3 is 4.90 Å². The van der Waals surface area contributed by atoms with E-state index in [0.717, 1.165) is 0 Å². The highest BCUT2D eigenvalue weighted by atomic mass is 16.2. The van der Waals surface area contributed by atoms with Crippen LogP contribution in [0.25, 0.3) is 0 Å². The quantitative estimate of drug-likeness (QED) is 0.661. The number of aryl methyl sites for hydroxylation is 1. The van der Waals surface area contributed by atoms with Gasteiger partial charge in [-0.1, -0.05) is 0 Å². The number of carbonyl (C=O) groups is 1. The van der Waals surface area contributed by atoms with Crippen LogP contribution in [0.1, 0.15) is 21.7 Å². The maximum atomic E-state index is 11.5. The molecular formula is C10H11N3O. The predicted octanol–water partition coefficient (Wildman–Crippen LogP) is 0.964. The van der Waals surface area contributed by atoms with Crippen molar-refractivity contribution in [3.8, 4) is 6.07 Å². The van der Waals surface area contributed by atoms with E-state index in [1.807, 2.05) is 6.07 Å². The number of hydrogen-bond donors (Lipinski definition) is 0. The first kappa shape index (κ1) is 10.2. The van der Waals surface area contributed by atoms with E-state index in [4.69, 9.17) is 5.26 Å². The third-order valence-corrected chi connectivity index (χ3v) is 1.83. The molecule has 1 rings (SSSR count). The Bertz CT molecular complexity index is 404. The number of pyridine rings is 1. The second kappa shape index (κ2) is 3.88. The molecule has 0 aliphatic rings. The van der Waals surface area contributed by atoms with Crippen LogP contribution in [0.5, 0.6) is 0 Å². The van der Waals surface area contributed by atoms with Gasteiger partial charge in [0.15, 0.2) is 0 Å². The summed E-state index contributed by atoms with van der Waals surface area (Å²) in [5.41, 5.74) is 1.45. The van der Waals surface area contributed by atoms with Gasteiger partial charge in [0.2, 0.25) is 0 Å². The summed E-state index contributed by atoms with van der Waals surface area (Å²) in [5, 5.41) is 8.67. The van der Waals surface area contributed by atoms with Crippen LogP contribution >= 0.6 is 0 Å². The molecule has 0 aromatic carbocycles. The number of rotatable bonds is 1. The SMILES string of the molecule is Cc1nc(C(=O)N(C)C)ccc1C#N. The molecule has 0 saturated carbocycles. The minimum atomic E-state index is -0.155. The summed E-state index contributed by atoms with van der Waals surface area (Å²) in [6, 6.07) is 5.18. The smallest absolute Gasteiger partial charge is 0.271 e. The highest BCUT2D eigenvalue weighted by Crippen LogP contribution is 2.06. The highest BCUT2D eigenvalue weighted by Gasteiger charge is 2.10. The van der Waals surface area contributed by atoms with E-state index in [1.54, 1.807) is 33.2 Å². The van der Waals surface area contributed by atoms with E-state index in [-0.39, 0.29) is 5.91 Å². The maximum absolute atomic E-state index is 11.5. The molecule has 0 spiro atoms. The molecule has 0 N–H and O–H groups in total. The van der Waals surface area contributed by atoms with Crippen LogP contribution in [0.4, 0.5) is 0 Å². The molecule has 0 aliphatic carbocycles. The van der Waals surface area contributed by atoms with Gasteiger partial charge in [-0.15, -0.1) is 0 Å². The van der Waals surface area contributed by atoms with Crippen molar-refractivity contribution in [1.29, 1.82) is 5.26 Å². The van der Waals surface area contributed by atoms with Crippen LogP contribution in [0.15, 0.2) is 12.1 Å². The fourth-order valence-electron chi connectivity index (χ4n) is 1.03. The number of amides is 1. The zero-order valence-electron chi connectivity index (χ0n) is 8.40. The first-order valence-electron chi connectivity index (χ1n) is 4.15. The highest BCUT2D eigenvalue weighted by molar-refractivity contribution is 5.92. The van der Waals surface area contributed by atoms with Crippen LogP contribution in [0, 0.1) is 18.3 Å². The van der Waals surface area contributed by atoms with Gasteiger partial charge in [-0.25, -0.2) is 4.98 Å². The Morgan fingerprint density at radius 2 is 2.14 bits per heavy atom. The van der Waals surface area contributed by atoms with Gasteiger partial charge in [-0.2, -0.15) is 5.26 Å². The second-order valence-electron chi connectivity index (χ2n) is 3.14. The molecular weight excluding hydrogens is 178 g/mol. The summed E-state index contributed by atoms with van der Waals surface area (Å²) in [7, 11) is 3.33. The lowest BCUT2D eigenvalue weighted by Crippen LogP contribution is -2.23. The van der Waals surface area contributed by atoms with Gasteiger partial charge in [-0.05, 0) is 19.1 Å².